The summed E-state index contributed by atoms with van der Waals surface area (Å²) in [5.41, 5.74) is 2.76. The van der Waals surface area contributed by atoms with Crippen LogP contribution in [0.5, 0.6) is 5.75 Å². The molecular formula is C13H16ClN3O. The smallest absolute Gasteiger partial charge is 0.142 e. The molecule has 0 aliphatic carbocycles. The first-order valence-corrected chi connectivity index (χ1v) is 6.43. The van der Waals surface area contributed by atoms with Crippen molar-refractivity contribution < 1.29 is 4.74 Å². The molecule has 2 rings (SSSR count). The number of ether oxygens (including phenoxy) is 1. The quantitative estimate of drug-likeness (QED) is 0.781. The second kappa shape index (κ2) is 5.87. The van der Waals surface area contributed by atoms with Gasteiger partial charge in [-0.1, -0.05) is 0 Å². The Bertz CT molecular complexity index is 525. The van der Waals surface area contributed by atoms with Crippen LogP contribution in [0.1, 0.15) is 23.9 Å². The van der Waals surface area contributed by atoms with E-state index in [0.717, 1.165) is 29.2 Å². The van der Waals surface area contributed by atoms with E-state index in [1.165, 1.54) is 0 Å². The molecular weight excluding hydrogens is 250 g/mol. The van der Waals surface area contributed by atoms with Crippen LogP contribution in [0, 0.1) is 6.92 Å². The summed E-state index contributed by atoms with van der Waals surface area (Å²) < 4.78 is 7.60. The van der Waals surface area contributed by atoms with Gasteiger partial charge in [0.05, 0.1) is 17.8 Å². The molecule has 0 amide bonds. The van der Waals surface area contributed by atoms with Gasteiger partial charge in [0.1, 0.15) is 12.4 Å². The molecule has 0 aromatic carbocycles. The van der Waals surface area contributed by atoms with Crippen LogP contribution < -0.4 is 4.74 Å². The SMILES string of the molecule is CCn1cc(COc2ccc(C)nc2CCl)cn1. The van der Waals surface area contributed by atoms with Crippen LogP contribution in [0.4, 0.5) is 0 Å². The number of nitrogens with zero attached hydrogens (tertiary/aromatic N) is 3. The summed E-state index contributed by atoms with van der Waals surface area (Å²) in [6.07, 6.45) is 3.79. The van der Waals surface area contributed by atoms with Crippen LogP contribution in [0.2, 0.25) is 0 Å². The lowest BCUT2D eigenvalue weighted by molar-refractivity contribution is 0.302. The van der Waals surface area contributed by atoms with Crippen LogP contribution in [0.25, 0.3) is 0 Å². The highest BCUT2D eigenvalue weighted by Gasteiger charge is 2.06. The standard InChI is InChI=1S/C13H16ClN3O/c1-3-17-8-11(7-15-17)9-18-13-5-4-10(2)16-12(13)6-14/h4-5,7-8H,3,6,9H2,1-2H3. The monoisotopic (exact) mass is 265 g/mol. The Balaban J connectivity index is 2.05. The average molecular weight is 266 g/mol. The van der Waals surface area contributed by atoms with E-state index in [9.17, 15) is 0 Å². The van der Waals surface area contributed by atoms with Gasteiger partial charge in [0.15, 0.2) is 0 Å². The number of hydrogen-bond acceptors (Lipinski definition) is 3. The van der Waals surface area contributed by atoms with Gasteiger partial charge >= 0.3 is 0 Å². The van der Waals surface area contributed by atoms with Gasteiger partial charge in [-0.3, -0.25) is 9.67 Å². The van der Waals surface area contributed by atoms with Crippen molar-refractivity contribution in [1.29, 1.82) is 0 Å². The maximum absolute atomic E-state index is 5.85. The predicted molar refractivity (Wildman–Crippen MR) is 70.8 cm³/mol. The zero-order valence-electron chi connectivity index (χ0n) is 10.6. The third-order valence-electron chi connectivity index (χ3n) is 2.60. The number of alkyl halides is 1. The van der Waals surface area contributed by atoms with E-state index >= 15 is 0 Å². The van der Waals surface area contributed by atoms with E-state index < -0.39 is 0 Å². The zero-order valence-corrected chi connectivity index (χ0v) is 11.3. The summed E-state index contributed by atoms with van der Waals surface area (Å²) in [5.74, 6) is 1.09. The number of aryl methyl sites for hydroxylation is 2. The summed E-state index contributed by atoms with van der Waals surface area (Å²) in [4.78, 5) is 4.35. The average Bonchev–Trinajstić information content (AvgIpc) is 2.85. The van der Waals surface area contributed by atoms with Crippen molar-refractivity contribution in [3.05, 3.63) is 41.5 Å². The number of halogens is 1. The highest BCUT2D eigenvalue weighted by Crippen LogP contribution is 2.20. The molecule has 96 valence electrons. The van der Waals surface area contributed by atoms with E-state index in [2.05, 4.69) is 10.1 Å². The number of aromatic nitrogens is 3. The first-order chi connectivity index (χ1) is 8.72. The van der Waals surface area contributed by atoms with Crippen LogP contribution >= 0.6 is 11.6 Å². The minimum atomic E-state index is 0.352. The lowest BCUT2D eigenvalue weighted by Crippen LogP contribution is -2.00. The summed E-state index contributed by atoms with van der Waals surface area (Å²) in [6, 6.07) is 3.82. The molecule has 0 aliphatic heterocycles. The normalized spacial score (nSPS) is 10.6. The largest absolute Gasteiger partial charge is 0.487 e. The van der Waals surface area contributed by atoms with Crippen molar-refractivity contribution in [3.63, 3.8) is 0 Å². The molecule has 2 heterocycles. The Morgan fingerprint density at radius 2 is 2.22 bits per heavy atom. The molecule has 5 heteroatoms. The number of hydrogen-bond donors (Lipinski definition) is 0. The molecule has 2 aromatic heterocycles. The van der Waals surface area contributed by atoms with Crippen molar-refractivity contribution in [2.45, 2.75) is 32.9 Å². The third-order valence-corrected chi connectivity index (χ3v) is 2.86. The fourth-order valence-corrected chi connectivity index (χ4v) is 1.83. The van der Waals surface area contributed by atoms with Crippen LogP contribution in [0.3, 0.4) is 0 Å². The van der Waals surface area contributed by atoms with Gasteiger partial charge in [-0.15, -0.1) is 11.6 Å². The topological polar surface area (TPSA) is 39.9 Å². The van der Waals surface area contributed by atoms with E-state index in [-0.39, 0.29) is 0 Å². The van der Waals surface area contributed by atoms with E-state index in [1.807, 2.05) is 43.1 Å². The minimum absolute atomic E-state index is 0.352. The molecule has 0 unspecified atom stereocenters. The Morgan fingerprint density at radius 3 is 2.89 bits per heavy atom. The van der Waals surface area contributed by atoms with Gasteiger partial charge in [-0.2, -0.15) is 5.10 Å². The maximum atomic E-state index is 5.85. The third kappa shape index (κ3) is 3.01. The predicted octanol–water partition coefficient (Wildman–Crippen LogP) is 2.92. The van der Waals surface area contributed by atoms with Crippen molar-refractivity contribution in [3.8, 4) is 5.75 Å². The van der Waals surface area contributed by atoms with Gasteiger partial charge in [0.25, 0.3) is 0 Å². The van der Waals surface area contributed by atoms with Gasteiger partial charge in [-0.05, 0) is 26.0 Å². The van der Waals surface area contributed by atoms with Crippen LogP contribution in [-0.2, 0) is 19.0 Å². The fraction of sp³-hybridized carbons (Fsp3) is 0.385. The van der Waals surface area contributed by atoms with E-state index in [1.54, 1.807) is 0 Å². The Labute approximate surface area is 112 Å². The van der Waals surface area contributed by atoms with Crippen molar-refractivity contribution in [2.24, 2.45) is 0 Å². The second-order valence-corrected chi connectivity index (χ2v) is 4.29. The molecule has 0 fully saturated rings. The molecule has 2 aromatic rings. The zero-order chi connectivity index (χ0) is 13.0. The molecule has 0 saturated carbocycles. The van der Waals surface area contributed by atoms with Crippen molar-refractivity contribution in [2.75, 3.05) is 0 Å². The lowest BCUT2D eigenvalue weighted by atomic mass is 10.3. The van der Waals surface area contributed by atoms with Gasteiger partial charge in [-0.25, -0.2) is 0 Å². The lowest BCUT2D eigenvalue weighted by Gasteiger charge is -2.08. The molecule has 0 radical (unpaired) electrons. The molecule has 0 N–H and O–H groups in total. The van der Waals surface area contributed by atoms with Crippen LogP contribution in [-0.4, -0.2) is 14.8 Å². The van der Waals surface area contributed by atoms with Gasteiger partial charge in [0, 0.05) is 24.0 Å². The summed E-state index contributed by atoms with van der Waals surface area (Å²) >= 11 is 5.85. The minimum Gasteiger partial charge on any atom is -0.487 e. The molecule has 4 nitrogen and oxygen atoms in total. The molecule has 18 heavy (non-hydrogen) atoms. The highest BCUT2D eigenvalue weighted by atomic mass is 35.5. The molecule has 0 saturated heterocycles. The molecule has 0 atom stereocenters. The van der Waals surface area contributed by atoms with E-state index in [4.69, 9.17) is 16.3 Å². The number of rotatable bonds is 5. The van der Waals surface area contributed by atoms with Crippen LogP contribution in [0.15, 0.2) is 24.5 Å². The second-order valence-electron chi connectivity index (χ2n) is 4.02. The summed E-state index contributed by atoms with van der Waals surface area (Å²) in [7, 11) is 0. The van der Waals surface area contributed by atoms with Gasteiger partial charge in [0.2, 0.25) is 0 Å². The van der Waals surface area contributed by atoms with Gasteiger partial charge < -0.3 is 4.74 Å². The Kier molecular flexibility index (Phi) is 4.20. The maximum Gasteiger partial charge on any atom is 0.142 e. The molecule has 0 aliphatic rings. The molecule has 0 bridgehead atoms. The Hall–Kier alpha value is -1.55. The fourth-order valence-electron chi connectivity index (χ4n) is 1.64. The summed E-state index contributed by atoms with van der Waals surface area (Å²) in [6.45, 7) is 5.33. The van der Waals surface area contributed by atoms with Crippen molar-refractivity contribution in [1.82, 2.24) is 14.8 Å². The molecule has 0 spiro atoms. The summed E-state index contributed by atoms with van der Waals surface area (Å²) in [5, 5.41) is 4.20. The number of pyridine rings is 1. The van der Waals surface area contributed by atoms with Crippen molar-refractivity contribution >= 4 is 11.6 Å². The highest BCUT2D eigenvalue weighted by molar-refractivity contribution is 6.17. The Morgan fingerprint density at radius 1 is 1.39 bits per heavy atom. The first-order valence-electron chi connectivity index (χ1n) is 5.89. The first kappa shape index (κ1) is 12.9. The van der Waals surface area contributed by atoms with E-state index in [0.29, 0.717) is 12.5 Å².